The van der Waals surface area contributed by atoms with Crippen LogP contribution in [0.25, 0.3) is 28.3 Å². The predicted octanol–water partition coefficient (Wildman–Crippen LogP) is 9.55. The molecule has 3 aromatic rings. The molecule has 31 heavy (non-hydrogen) atoms. The van der Waals surface area contributed by atoms with E-state index in [9.17, 15) is 0 Å². The average Bonchev–Trinajstić information content (AvgIpc) is 3.11. The van der Waals surface area contributed by atoms with Crippen LogP contribution >= 0.6 is 17.0 Å². The quantitative estimate of drug-likeness (QED) is 0.299. The van der Waals surface area contributed by atoms with Gasteiger partial charge in [-0.15, -0.1) is 0 Å². The minimum atomic E-state index is -2.55. The molecule has 0 N–H and O–H groups in total. The molecule has 1 aliphatic rings. The molecule has 0 saturated heterocycles. The van der Waals surface area contributed by atoms with Gasteiger partial charge in [0.05, 0.1) is 0 Å². The van der Waals surface area contributed by atoms with Gasteiger partial charge in [-0.2, -0.15) is 0 Å². The molecule has 0 radical (unpaired) electrons. The van der Waals surface area contributed by atoms with Gasteiger partial charge in [0.2, 0.25) is 0 Å². The fourth-order valence-corrected chi connectivity index (χ4v) is 10.2. The minimum absolute atomic E-state index is 0.248. The van der Waals surface area contributed by atoms with E-state index in [0.29, 0.717) is 11.8 Å². The molecule has 0 bridgehead atoms. The normalized spacial score (nSPS) is 15.4. The van der Waals surface area contributed by atoms with Crippen LogP contribution in [0.4, 0.5) is 0 Å². The molecule has 159 valence electrons. The molecule has 0 aliphatic heterocycles. The van der Waals surface area contributed by atoms with E-state index in [1.807, 2.05) is 0 Å². The molecule has 0 saturated carbocycles. The Morgan fingerprint density at radius 2 is 1.48 bits per heavy atom. The summed E-state index contributed by atoms with van der Waals surface area (Å²) in [7, 11) is 13.5. The van der Waals surface area contributed by atoms with Gasteiger partial charge in [0.25, 0.3) is 0 Å². The zero-order chi connectivity index (χ0) is 22.1. The van der Waals surface area contributed by atoms with Crippen molar-refractivity contribution in [3.8, 4) is 22.3 Å². The predicted molar refractivity (Wildman–Crippen MR) is 133 cm³/mol. The van der Waals surface area contributed by atoms with Gasteiger partial charge in [-0.05, 0) is 0 Å². The van der Waals surface area contributed by atoms with Crippen LogP contribution in [0, 0.1) is 5.92 Å². The molecule has 1 aliphatic carbocycles. The van der Waals surface area contributed by atoms with Gasteiger partial charge in [-0.25, -0.2) is 0 Å². The zero-order valence-corrected chi connectivity index (χ0v) is 22.6. The fourth-order valence-electron chi connectivity index (χ4n) is 4.79. The van der Waals surface area contributed by atoms with E-state index in [4.69, 9.17) is 17.0 Å². The van der Waals surface area contributed by atoms with Gasteiger partial charge in [-0.1, -0.05) is 0 Å². The van der Waals surface area contributed by atoms with Crippen molar-refractivity contribution in [1.29, 1.82) is 0 Å². The summed E-state index contributed by atoms with van der Waals surface area (Å²) < 4.78 is 0.248. The number of fused-ring (bicyclic) bond motifs is 1. The number of rotatable bonds is 6. The van der Waals surface area contributed by atoms with E-state index >= 15 is 0 Å². The molecular formula is C28H29Cl2Zr. The van der Waals surface area contributed by atoms with Crippen LogP contribution in [0.2, 0.25) is 0 Å². The van der Waals surface area contributed by atoms with Crippen LogP contribution < -0.4 is 0 Å². The first-order chi connectivity index (χ1) is 14.9. The number of hydrogen-bond acceptors (Lipinski definition) is 0. The van der Waals surface area contributed by atoms with E-state index in [1.165, 1.54) is 44.5 Å². The third-order valence-electron chi connectivity index (χ3n) is 6.09. The van der Waals surface area contributed by atoms with Gasteiger partial charge in [-0.3, -0.25) is 0 Å². The first-order valence-electron chi connectivity index (χ1n) is 11.1. The summed E-state index contributed by atoms with van der Waals surface area (Å²) in [6.07, 6.45) is 3.47. The second-order valence-electron chi connectivity index (χ2n) is 9.14. The molecule has 0 spiro atoms. The summed E-state index contributed by atoms with van der Waals surface area (Å²) >= 11 is -2.55. The fraction of sp³-hybridized carbons (Fsp3) is 0.286. The van der Waals surface area contributed by atoms with Crippen molar-refractivity contribution < 1.29 is 19.4 Å². The summed E-state index contributed by atoms with van der Waals surface area (Å²) in [4.78, 5) is 0. The zero-order valence-electron chi connectivity index (χ0n) is 18.6. The Morgan fingerprint density at radius 1 is 0.806 bits per heavy atom. The Morgan fingerprint density at radius 3 is 2.13 bits per heavy atom. The molecule has 3 heteroatoms. The Balaban J connectivity index is 2.04. The van der Waals surface area contributed by atoms with E-state index in [0.717, 1.165) is 6.42 Å². The second kappa shape index (κ2) is 9.78. The second-order valence-corrected chi connectivity index (χ2v) is 17.9. The van der Waals surface area contributed by atoms with Crippen LogP contribution in [0.15, 0.2) is 72.3 Å². The van der Waals surface area contributed by atoms with Crippen molar-refractivity contribution in [3.05, 3.63) is 89.0 Å². The van der Waals surface area contributed by atoms with Crippen LogP contribution in [-0.4, -0.2) is 0 Å². The molecule has 3 aromatic carbocycles. The van der Waals surface area contributed by atoms with Crippen molar-refractivity contribution in [1.82, 2.24) is 0 Å². The standard InChI is InChI=1S/C28H29.2ClH.Zr/c1-19(2)16-21-17-23-14-15-25(22-10-6-5-7-11-22)28(27(23)18-21)26-13-9-8-12-24(26)20(3)4;;;/h5-15,17-20H,16H2,1-4H3;2*1H;/q;;;+2/p-2. The van der Waals surface area contributed by atoms with Crippen LogP contribution in [-0.2, 0) is 19.4 Å². The van der Waals surface area contributed by atoms with E-state index in [2.05, 4.69) is 101 Å². The first kappa shape index (κ1) is 23.0. The Labute approximate surface area is 202 Å². The Hall–Kier alpha value is -1.14. The molecule has 0 heterocycles. The topological polar surface area (TPSA) is 0 Å². The molecule has 0 fully saturated rings. The first-order valence-corrected chi connectivity index (χ1v) is 18.8. The summed E-state index contributed by atoms with van der Waals surface area (Å²) in [5, 5.41) is 0. The van der Waals surface area contributed by atoms with Crippen LogP contribution in [0.5, 0.6) is 0 Å². The van der Waals surface area contributed by atoms with Crippen LogP contribution in [0.1, 0.15) is 60.3 Å². The van der Waals surface area contributed by atoms with Gasteiger partial charge in [0, 0.05) is 0 Å². The monoisotopic (exact) mass is 525 g/mol. The van der Waals surface area contributed by atoms with E-state index in [-0.39, 0.29) is 3.63 Å². The summed E-state index contributed by atoms with van der Waals surface area (Å²) in [5.74, 6) is 1.03. The SMILES string of the molecule is CC(C)CC1=Cc2c(ccc(-c3ccccc3)c2-c2ccccc2C(C)C)[CH]1[Zr]([Cl])[Cl]. The summed E-state index contributed by atoms with van der Waals surface area (Å²) in [6.45, 7) is 9.10. The van der Waals surface area contributed by atoms with E-state index < -0.39 is 19.4 Å². The van der Waals surface area contributed by atoms with Crippen molar-refractivity contribution >= 4 is 23.1 Å². The van der Waals surface area contributed by atoms with Gasteiger partial charge >= 0.3 is 203 Å². The number of allylic oxidation sites excluding steroid dienone is 1. The van der Waals surface area contributed by atoms with E-state index in [1.54, 1.807) is 0 Å². The molecule has 0 nitrogen and oxygen atoms in total. The maximum atomic E-state index is 6.75. The molecule has 4 rings (SSSR count). The average molecular weight is 528 g/mol. The van der Waals surface area contributed by atoms with Crippen molar-refractivity contribution in [2.45, 2.75) is 43.7 Å². The molecule has 0 amide bonds. The molecule has 1 unspecified atom stereocenters. The van der Waals surface area contributed by atoms with Crippen molar-refractivity contribution in [3.63, 3.8) is 0 Å². The number of hydrogen-bond donors (Lipinski definition) is 0. The van der Waals surface area contributed by atoms with Crippen molar-refractivity contribution in [2.75, 3.05) is 0 Å². The maximum absolute atomic E-state index is 6.75. The molecular weight excluding hydrogens is 498 g/mol. The van der Waals surface area contributed by atoms with Gasteiger partial charge in [0.15, 0.2) is 0 Å². The summed E-state index contributed by atoms with van der Waals surface area (Å²) in [5.41, 5.74) is 10.7. The Kier molecular flexibility index (Phi) is 7.27. The van der Waals surface area contributed by atoms with Crippen molar-refractivity contribution in [2.24, 2.45) is 5.92 Å². The third-order valence-corrected chi connectivity index (χ3v) is 11.4. The van der Waals surface area contributed by atoms with Crippen LogP contribution in [0.3, 0.4) is 0 Å². The summed E-state index contributed by atoms with van der Waals surface area (Å²) in [6, 6.07) is 24.2. The number of halogens is 2. The van der Waals surface area contributed by atoms with Gasteiger partial charge < -0.3 is 0 Å². The Bertz CT molecular complexity index is 1100. The van der Waals surface area contributed by atoms with Gasteiger partial charge in [0.1, 0.15) is 0 Å². The number of benzene rings is 3. The molecule has 0 aromatic heterocycles. The third kappa shape index (κ3) is 4.66. The molecule has 1 atom stereocenters.